The molecule has 0 heterocycles. The summed E-state index contributed by atoms with van der Waals surface area (Å²) in [7, 11) is 0. The average Bonchev–Trinajstić information content (AvgIpc) is 2.45. The highest BCUT2D eigenvalue weighted by Crippen LogP contribution is 2.11. The molecule has 0 amide bonds. The van der Waals surface area contributed by atoms with Gasteiger partial charge in [-0.3, -0.25) is 4.90 Å². The average molecular weight is 256 g/mol. The third-order valence-electron chi connectivity index (χ3n) is 2.86. The van der Waals surface area contributed by atoms with Gasteiger partial charge in [-0.05, 0) is 18.2 Å². The Hall–Kier alpha value is -1.81. The lowest BCUT2D eigenvalue weighted by Gasteiger charge is -2.19. The number of nitrogens with zero attached hydrogens (tertiary/aromatic N) is 2. The predicted octanol–water partition coefficient (Wildman–Crippen LogP) is 2.16. The molecule has 0 aromatic heterocycles. The van der Waals surface area contributed by atoms with E-state index in [0.717, 1.165) is 25.2 Å². The number of hydrogen-bond donors (Lipinski definition) is 1. The van der Waals surface area contributed by atoms with E-state index in [9.17, 15) is 0 Å². The number of hydrogen-bond acceptors (Lipinski definition) is 3. The van der Waals surface area contributed by atoms with Gasteiger partial charge in [0.2, 0.25) is 0 Å². The van der Waals surface area contributed by atoms with Gasteiger partial charge in [0.1, 0.15) is 0 Å². The lowest BCUT2D eigenvalue weighted by molar-refractivity contribution is 0.286. The van der Waals surface area contributed by atoms with Crippen LogP contribution in [0.2, 0.25) is 0 Å². The van der Waals surface area contributed by atoms with Crippen LogP contribution in [0.4, 0.5) is 0 Å². The van der Waals surface area contributed by atoms with Gasteiger partial charge in [-0.1, -0.05) is 37.0 Å². The summed E-state index contributed by atoms with van der Waals surface area (Å²) in [6, 6.07) is 10.2. The summed E-state index contributed by atoms with van der Waals surface area (Å²) in [6.45, 7) is 4.70. The molecular weight excluding hydrogens is 236 g/mol. The smallest absolute Gasteiger partial charge is 0.0635 e. The number of nitriles is 1. The molecule has 1 aromatic rings. The van der Waals surface area contributed by atoms with Gasteiger partial charge in [0.15, 0.2) is 0 Å². The van der Waals surface area contributed by atoms with Crippen molar-refractivity contribution in [2.24, 2.45) is 0 Å². The zero-order valence-electron chi connectivity index (χ0n) is 11.4. The largest absolute Gasteiger partial charge is 0.395 e. The van der Waals surface area contributed by atoms with Crippen LogP contribution in [-0.2, 0) is 6.54 Å². The summed E-state index contributed by atoms with van der Waals surface area (Å²) < 4.78 is 0. The number of aliphatic hydroxyl groups is 1. The highest BCUT2D eigenvalue weighted by molar-refractivity contribution is 5.41. The van der Waals surface area contributed by atoms with Crippen LogP contribution in [0.15, 0.2) is 24.3 Å². The van der Waals surface area contributed by atoms with Crippen molar-refractivity contribution in [1.82, 2.24) is 4.90 Å². The third kappa shape index (κ3) is 5.57. The Morgan fingerprint density at radius 3 is 2.74 bits per heavy atom. The van der Waals surface area contributed by atoms with Crippen LogP contribution in [0.3, 0.4) is 0 Å². The van der Waals surface area contributed by atoms with E-state index in [4.69, 9.17) is 10.4 Å². The van der Waals surface area contributed by atoms with Crippen LogP contribution in [0.25, 0.3) is 0 Å². The molecule has 0 aliphatic heterocycles. The van der Waals surface area contributed by atoms with E-state index in [2.05, 4.69) is 35.8 Å². The summed E-state index contributed by atoms with van der Waals surface area (Å²) >= 11 is 0. The summed E-state index contributed by atoms with van der Waals surface area (Å²) in [6.07, 6.45) is 1.05. The Bertz CT molecular complexity index is 480. The molecule has 0 spiro atoms. The van der Waals surface area contributed by atoms with E-state index in [1.54, 1.807) is 0 Å². The first-order valence-corrected chi connectivity index (χ1v) is 6.58. The predicted molar refractivity (Wildman–Crippen MR) is 76.2 cm³/mol. The topological polar surface area (TPSA) is 47.3 Å². The maximum absolute atomic E-state index is 8.75. The maximum atomic E-state index is 8.75. The summed E-state index contributed by atoms with van der Waals surface area (Å²) in [5.74, 6) is 6.05. The van der Waals surface area contributed by atoms with Crippen LogP contribution >= 0.6 is 0 Å². The Morgan fingerprint density at radius 1 is 1.26 bits per heavy atom. The van der Waals surface area contributed by atoms with E-state index in [1.165, 1.54) is 5.56 Å². The van der Waals surface area contributed by atoms with E-state index in [-0.39, 0.29) is 6.61 Å². The van der Waals surface area contributed by atoms with Gasteiger partial charge in [0.25, 0.3) is 0 Å². The van der Waals surface area contributed by atoms with Crippen LogP contribution in [0.5, 0.6) is 0 Å². The molecule has 0 saturated heterocycles. The molecular formula is C16H20N2O. The lowest BCUT2D eigenvalue weighted by atomic mass is 10.1. The summed E-state index contributed by atoms with van der Waals surface area (Å²) in [4.78, 5) is 2.23. The van der Waals surface area contributed by atoms with Crippen LogP contribution in [0.1, 0.15) is 30.9 Å². The first kappa shape index (κ1) is 15.2. The molecule has 3 nitrogen and oxygen atoms in total. The molecule has 3 heteroatoms. The molecule has 0 aliphatic carbocycles. The molecule has 0 saturated carbocycles. The molecule has 1 rings (SSSR count). The number of benzene rings is 1. The fourth-order valence-electron chi connectivity index (χ4n) is 1.79. The molecule has 0 unspecified atom stereocenters. The number of aliphatic hydroxyl groups excluding tert-OH is 1. The summed E-state index contributed by atoms with van der Waals surface area (Å²) in [5, 5.41) is 17.4. The van der Waals surface area contributed by atoms with Gasteiger partial charge in [-0.15, -0.1) is 0 Å². The quantitative estimate of drug-likeness (QED) is 0.793. The van der Waals surface area contributed by atoms with Crippen molar-refractivity contribution < 1.29 is 5.11 Å². The van der Waals surface area contributed by atoms with Crippen molar-refractivity contribution >= 4 is 0 Å². The van der Waals surface area contributed by atoms with Gasteiger partial charge in [-0.2, -0.15) is 5.26 Å². The Kier molecular flexibility index (Phi) is 7.35. The van der Waals surface area contributed by atoms with Gasteiger partial charge in [0, 0.05) is 31.5 Å². The molecule has 0 radical (unpaired) electrons. The molecule has 0 bridgehead atoms. The normalized spacial score (nSPS) is 9.79. The Morgan fingerprint density at radius 2 is 2.05 bits per heavy atom. The SMILES string of the molecule is CCN(CCC#N)Cc1ccccc1C#CCCO. The van der Waals surface area contributed by atoms with Crippen molar-refractivity contribution in [2.45, 2.75) is 26.3 Å². The van der Waals surface area contributed by atoms with Crippen molar-refractivity contribution in [2.75, 3.05) is 19.7 Å². The van der Waals surface area contributed by atoms with Crippen molar-refractivity contribution in [3.05, 3.63) is 35.4 Å². The second-order valence-electron chi connectivity index (χ2n) is 4.21. The number of rotatable bonds is 6. The summed E-state index contributed by atoms with van der Waals surface area (Å²) in [5.41, 5.74) is 2.18. The van der Waals surface area contributed by atoms with E-state index >= 15 is 0 Å². The second kappa shape index (κ2) is 9.16. The van der Waals surface area contributed by atoms with E-state index < -0.39 is 0 Å². The molecule has 100 valence electrons. The fourth-order valence-corrected chi connectivity index (χ4v) is 1.79. The minimum absolute atomic E-state index is 0.0957. The molecule has 19 heavy (non-hydrogen) atoms. The Labute approximate surface area is 115 Å². The van der Waals surface area contributed by atoms with Crippen molar-refractivity contribution in [3.8, 4) is 17.9 Å². The van der Waals surface area contributed by atoms with Crippen molar-refractivity contribution in [3.63, 3.8) is 0 Å². The van der Waals surface area contributed by atoms with Crippen LogP contribution in [-0.4, -0.2) is 29.7 Å². The van der Waals surface area contributed by atoms with Gasteiger partial charge in [0.05, 0.1) is 12.7 Å². The van der Waals surface area contributed by atoms with Gasteiger partial charge in [-0.25, -0.2) is 0 Å². The van der Waals surface area contributed by atoms with Crippen LogP contribution in [0, 0.1) is 23.2 Å². The molecule has 0 fully saturated rings. The second-order valence-corrected chi connectivity index (χ2v) is 4.21. The maximum Gasteiger partial charge on any atom is 0.0635 e. The highest BCUT2D eigenvalue weighted by Gasteiger charge is 2.06. The molecule has 1 N–H and O–H groups in total. The minimum Gasteiger partial charge on any atom is -0.395 e. The first-order valence-electron chi connectivity index (χ1n) is 6.58. The Balaban J connectivity index is 2.77. The fraction of sp³-hybridized carbons (Fsp3) is 0.438. The van der Waals surface area contributed by atoms with E-state index in [1.807, 2.05) is 18.2 Å². The monoisotopic (exact) mass is 256 g/mol. The first-order chi connectivity index (χ1) is 9.31. The third-order valence-corrected chi connectivity index (χ3v) is 2.86. The highest BCUT2D eigenvalue weighted by atomic mass is 16.2. The lowest BCUT2D eigenvalue weighted by Crippen LogP contribution is -2.24. The zero-order valence-corrected chi connectivity index (χ0v) is 11.4. The molecule has 1 aromatic carbocycles. The molecule has 0 atom stereocenters. The van der Waals surface area contributed by atoms with E-state index in [0.29, 0.717) is 12.8 Å². The molecule has 0 aliphatic rings. The van der Waals surface area contributed by atoms with Crippen molar-refractivity contribution in [1.29, 1.82) is 5.26 Å². The standard InChI is InChI=1S/C16H20N2O/c1-2-18(12-7-11-17)14-16-10-4-3-8-15(16)9-5-6-13-19/h3-4,8,10,19H,2,6-7,12-14H2,1H3. The van der Waals surface area contributed by atoms with Crippen LogP contribution < -0.4 is 0 Å². The minimum atomic E-state index is 0.0957. The van der Waals surface area contributed by atoms with Gasteiger partial charge < -0.3 is 5.11 Å². The van der Waals surface area contributed by atoms with Gasteiger partial charge >= 0.3 is 0 Å². The zero-order chi connectivity index (χ0) is 13.9.